The molecule has 0 saturated carbocycles. The lowest BCUT2D eigenvalue weighted by Crippen LogP contribution is -2.30. The van der Waals surface area contributed by atoms with Gasteiger partial charge in [-0.15, -0.1) is 0 Å². The van der Waals surface area contributed by atoms with Crippen molar-refractivity contribution in [1.29, 1.82) is 5.41 Å². The van der Waals surface area contributed by atoms with E-state index in [1.807, 2.05) is 37.3 Å². The molecule has 0 aromatic heterocycles. The van der Waals surface area contributed by atoms with Gasteiger partial charge in [0.2, 0.25) is 5.96 Å². The molecule has 0 radical (unpaired) electrons. The van der Waals surface area contributed by atoms with Crippen LogP contribution >= 0.6 is 0 Å². The molecule has 8 nitrogen and oxygen atoms in total. The Bertz CT molecular complexity index is 775. The molecule has 5 N–H and O–H groups in total. The summed E-state index contributed by atoms with van der Waals surface area (Å²) in [6.07, 6.45) is 1.55. The Morgan fingerprint density at radius 1 is 1.12 bits per heavy atom. The fourth-order valence-electron chi connectivity index (χ4n) is 1.45. The second kappa shape index (κ2) is 9.40. The van der Waals surface area contributed by atoms with Gasteiger partial charge >= 0.3 is 0 Å². The first-order valence-corrected chi connectivity index (χ1v) is 8.14. The minimum Gasteiger partial charge on any atom is -0.288 e. The van der Waals surface area contributed by atoms with Crippen LogP contribution < -0.4 is 10.9 Å². The number of hydrogen-bond acceptors (Lipinski definition) is 5. The molecule has 9 heteroatoms. The molecule has 0 aliphatic heterocycles. The lowest BCUT2D eigenvalue weighted by atomic mass is 10.2. The summed E-state index contributed by atoms with van der Waals surface area (Å²) < 4.78 is 29.6. The number of aryl methyl sites for hydroxylation is 1. The minimum absolute atomic E-state index is 0.0666. The highest BCUT2D eigenvalue weighted by Crippen LogP contribution is 2.08. The van der Waals surface area contributed by atoms with Gasteiger partial charge in [-0.05, 0) is 24.6 Å². The van der Waals surface area contributed by atoms with Crippen molar-refractivity contribution in [3.8, 4) is 0 Å². The van der Waals surface area contributed by atoms with Crippen molar-refractivity contribution in [3.63, 3.8) is 0 Å². The van der Waals surface area contributed by atoms with Crippen LogP contribution in [0, 0.1) is 12.3 Å². The summed E-state index contributed by atoms with van der Waals surface area (Å²) in [5.74, 6) is -0.271. The highest BCUT2D eigenvalue weighted by Gasteiger charge is 2.06. The number of guanidine groups is 1. The SMILES string of the molecule is Cc1ccc(S(=O)(=O)O)cc1.N=C(NO)N/N=C/c1ccccc1. The standard InChI is InChI=1S/C8H10N4O.C7H8O3S/c9-8(12-13)11-10-6-7-4-2-1-3-5-7;1-6-2-4-7(5-3-6)11(8,9)10/h1-6,13H,(H3,9,11,12);2-5H,1H3,(H,8,9,10)/b10-6+;. The van der Waals surface area contributed by atoms with Crippen LogP contribution in [0.1, 0.15) is 11.1 Å². The predicted octanol–water partition coefficient (Wildman–Crippen LogP) is 1.77. The van der Waals surface area contributed by atoms with Crippen molar-refractivity contribution < 1.29 is 18.2 Å². The predicted molar refractivity (Wildman–Crippen MR) is 90.8 cm³/mol. The van der Waals surface area contributed by atoms with E-state index in [9.17, 15) is 8.42 Å². The van der Waals surface area contributed by atoms with Gasteiger partial charge in [0.15, 0.2) is 0 Å². The van der Waals surface area contributed by atoms with Crippen molar-refractivity contribution >= 4 is 22.3 Å². The number of benzene rings is 2. The Hall–Kier alpha value is -2.75. The average Bonchev–Trinajstić information content (AvgIpc) is 2.56. The molecule has 0 saturated heterocycles. The lowest BCUT2D eigenvalue weighted by molar-refractivity contribution is 0.228. The van der Waals surface area contributed by atoms with Crippen LogP contribution in [-0.4, -0.2) is 30.4 Å². The Morgan fingerprint density at radius 2 is 1.71 bits per heavy atom. The number of nitrogens with one attached hydrogen (secondary N) is 3. The minimum atomic E-state index is -4.02. The monoisotopic (exact) mass is 350 g/mol. The Morgan fingerprint density at radius 3 is 2.21 bits per heavy atom. The first-order chi connectivity index (χ1) is 11.3. The maximum Gasteiger partial charge on any atom is 0.294 e. The van der Waals surface area contributed by atoms with E-state index >= 15 is 0 Å². The van der Waals surface area contributed by atoms with Crippen LogP contribution in [0.2, 0.25) is 0 Å². The zero-order chi connectivity index (χ0) is 18.0. The summed E-state index contributed by atoms with van der Waals surface area (Å²) in [5, 5.41) is 18.8. The summed E-state index contributed by atoms with van der Waals surface area (Å²) in [4.78, 5) is -0.0666. The molecule has 2 aromatic carbocycles. The smallest absolute Gasteiger partial charge is 0.288 e. The van der Waals surface area contributed by atoms with E-state index < -0.39 is 10.1 Å². The van der Waals surface area contributed by atoms with Crippen molar-refractivity contribution in [3.05, 3.63) is 65.7 Å². The van der Waals surface area contributed by atoms with Crippen molar-refractivity contribution in [2.45, 2.75) is 11.8 Å². The van der Waals surface area contributed by atoms with Crippen LogP contribution in [-0.2, 0) is 10.1 Å². The molecule has 0 aliphatic rings. The molecule has 0 fully saturated rings. The molecule has 0 spiro atoms. The third kappa shape index (κ3) is 7.49. The molecule has 2 aromatic rings. The molecular formula is C15H18N4O4S. The number of nitrogens with zero attached hydrogens (tertiary/aromatic N) is 1. The van der Waals surface area contributed by atoms with E-state index in [0.29, 0.717) is 0 Å². The van der Waals surface area contributed by atoms with Gasteiger partial charge < -0.3 is 0 Å². The van der Waals surface area contributed by atoms with Crippen molar-refractivity contribution in [2.24, 2.45) is 5.10 Å². The van der Waals surface area contributed by atoms with Crippen LogP contribution in [0.15, 0.2) is 64.6 Å². The normalized spacial score (nSPS) is 10.6. The van der Waals surface area contributed by atoms with Crippen LogP contribution in [0.3, 0.4) is 0 Å². The molecule has 2 rings (SSSR count). The fourth-order valence-corrected chi connectivity index (χ4v) is 1.93. The second-order valence-corrected chi connectivity index (χ2v) is 5.98. The summed E-state index contributed by atoms with van der Waals surface area (Å²) in [6.45, 7) is 1.84. The van der Waals surface area contributed by atoms with Crippen LogP contribution in [0.25, 0.3) is 0 Å². The topological polar surface area (TPSA) is 135 Å². The Balaban J connectivity index is 0.000000243. The average molecular weight is 350 g/mol. The maximum atomic E-state index is 10.5. The first kappa shape index (κ1) is 19.3. The molecule has 0 unspecified atom stereocenters. The highest BCUT2D eigenvalue weighted by atomic mass is 32.2. The third-order valence-corrected chi connectivity index (χ3v) is 3.49. The largest absolute Gasteiger partial charge is 0.294 e. The molecule has 0 atom stereocenters. The number of hydrazone groups is 1. The highest BCUT2D eigenvalue weighted by molar-refractivity contribution is 7.85. The van der Waals surface area contributed by atoms with Gasteiger partial charge in [-0.3, -0.25) is 15.2 Å². The molecule has 0 heterocycles. The van der Waals surface area contributed by atoms with Crippen molar-refractivity contribution in [2.75, 3.05) is 0 Å². The molecular weight excluding hydrogens is 332 g/mol. The molecule has 128 valence electrons. The zero-order valence-electron chi connectivity index (χ0n) is 12.8. The molecule has 0 aliphatic carbocycles. The second-order valence-electron chi connectivity index (χ2n) is 4.56. The molecule has 0 bridgehead atoms. The van der Waals surface area contributed by atoms with E-state index in [0.717, 1.165) is 11.1 Å². The quantitative estimate of drug-likeness (QED) is 0.248. The van der Waals surface area contributed by atoms with Gasteiger partial charge in [-0.2, -0.15) is 13.5 Å². The van der Waals surface area contributed by atoms with E-state index in [1.165, 1.54) is 12.1 Å². The van der Waals surface area contributed by atoms with E-state index in [4.69, 9.17) is 15.2 Å². The van der Waals surface area contributed by atoms with Gasteiger partial charge in [0.1, 0.15) is 0 Å². The summed E-state index contributed by atoms with van der Waals surface area (Å²) in [6, 6.07) is 15.4. The van der Waals surface area contributed by atoms with Gasteiger partial charge in [-0.1, -0.05) is 48.0 Å². The Kier molecular flexibility index (Phi) is 7.56. The molecule has 24 heavy (non-hydrogen) atoms. The number of hydroxylamine groups is 1. The van der Waals surface area contributed by atoms with Gasteiger partial charge in [0.25, 0.3) is 10.1 Å². The number of rotatable bonds is 3. The lowest BCUT2D eigenvalue weighted by Gasteiger charge is -1.97. The zero-order valence-corrected chi connectivity index (χ0v) is 13.7. The number of hydrogen-bond donors (Lipinski definition) is 5. The van der Waals surface area contributed by atoms with E-state index in [-0.39, 0.29) is 10.9 Å². The molecule has 0 amide bonds. The first-order valence-electron chi connectivity index (χ1n) is 6.70. The summed E-state index contributed by atoms with van der Waals surface area (Å²) in [7, 11) is -4.02. The van der Waals surface area contributed by atoms with Gasteiger partial charge in [0, 0.05) is 0 Å². The fraction of sp³-hybridized carbons (Fsp3) is 0.0667. The summed E-state index contributed by atoms with van der Waals surface area (Å²) >= 11 is 0. The van der Waals surface area contributed by atoms with Gasteiger partial charge in [0.05, 0.1) is 11.1 Å². The maximum absolute atomic E-state index is 10.5. The van der Waals surface area contributed by atoms with E-state index in [2.05, 4.69) is 10.5 Å². The third-order valence-electron chi connectivity index (χ3n) is 2.62. The van der Waals surface area contributed by atoms with E-state index in [1.54, 1.807) is 23.8 Å². The van der Waals surface area contributed by atoms with Crippen LogP contribution in [0.5, 0.6) is 0 Å². The Labute approximate surface area is 140 Å². The van der Waals surface area contributed by atoms with Crippen LogP contribution in [0.4, 0.5) is 0 Å². The summed E-state index contributed by atoms with van der Waals surface area (Å²) in [5.41, 5.74) is 5.76. The van der Waals surface area contributed by atoms with Crippen molar-refractivity contribution in [1.82, 2.24) is 10.9 Å². The van der Waals surface area contributed by atoms with Gasteiger partial charge in [-0.25, -0.2) is 10.9 Å².